The van der Waals surface area contributed by atoms with Crippen LogP contribution >= 0.6 is 0 Å². The second kappa shape index (κ2) is 13.0. The molecule has 0 unspecified atom stereocenters. The number of hydrogen-bond acceptors (Lipinski definition) is 2. The van der Waals surface area contributed by atoms with Crippen molar-refractivity contribution in [1.29, 1.82) is 0 Å². The Morgan fingerprint density at radius 3 is 1.63 bits per heavy atom. The molecule has 2 heteroatoms. The Labute approximate surface area is 332 Å². The van der Waals surface area contributed by atoms with Gasteiger partial charge in [0, 0.05) is 38.6 Å². The minimum Gasteiger partial charge on any atom is -0.455 e. The van der Waals surface area contributed by atoms with E-state index in [1.54, 1.807) is 0 Å². The molecule has 270 valence electrons. The number of rotatable bonds is 6. The van der Waals surface area contributed by atoms with Crippen molar-refractivity contribution in [1.82, 2.24) is 0 Å². The maximum atomic E-state index is 6.68. The van der Waals surface area contributed by atoms with Gasteiger partial charge < -0.3 is 9.32 Å². The van der Waals surface area contributed by atoms with E-state index in [2.05, 4.69) is 219 Å². The lowest BCUT2D eigenvalue weighted by Crippen LogP contribution is -2.14. The van der Waals surface area contributed by atoms with Crippen molar-refractivity contribution in [3.8, 4) is 44.5 Å². The minimum atomic E-state index is -0.0697. The summed E-state index contributed by atoms with van der Waals surface area (Å²) in [7, 11) is 0. The number of furan rings is 1. The Balaban J connectivity index is 0.989. The van der Waals surface area contributed by atoms with E-state index in [0.29, 0.717) is 0 Å². The van der Waals surface area contributed by atoms with E-state index < -0.39 is 0 Å². The molecule has 0 radical (unpaired) electrons. The van der Waals surface area contributed by atoms with Crippen LogP contribution in [0.3, 0.4) is 0 Å². The normalized spacial score (nSPS) is 12.9. The summed E-state index contributed by atoms with van der Waals surface area (Å²) in [5.74, 6) is 0. The number of fused-ring (bicyclic) bond motifs is 8. The lowest BCUT2D eigenvalue weighted by atomic mass is 9.81. The van der Waals surface area contributed by atoms with Crippen molar-refractivity contribution in [2.24, 2.45) is 0 Å². The maximum absolute atomic E-state index is 6.68. The van der Waals surface area contributed by atoms with Crippen LogP contribution in [0.5, 0.6) is 0 Å². The third-order valence-corrected chi connectivity index (χ3v) is 12.1. The number of anilines is 3. The zero-order valence-corrected chi connectivity index (χ0v) is 31.9. The third-order valence-electron chi connectivity index (χ3n) is 12.1. The summed E-state index contributed by atoms with van der Waals surface area (Å²) in [6, 6.07) is 72.4. The SMILES string of the molecule is CC1(C)c2ccccc2-c2ccc(-c3cc4c5cc(-c6ccc(N(c7ccccc7)c7ccc(-c8ccccc8)cc7)cc6)ccc5oc4c4ccccc34)cc21. The lowest BCUT2D eigenvalue weighted by Gasteiger charge is -2.26. The molecular formula is C55H39NO. The van der Waals surface area contributed by atoms with Crippen LogP contribution in [0, 0.1) is 0 Å². The molecule has 11 rings (SSSR count). The Morgan fingerprint density at radius 1 is 0.351 bits per heavy atom. The van der Waals surface area contributed by atoms with Crippen LogP contribution in [0.15, 0.2) is 205 Å². The molecule has 0 aliphatic heterocycles. The van der Waals surface area contributed by atoms with Crippen LogP contribution in [-0.4, -0.2) is 0 Å². The molecule has 0 N–H and O–H groups in total. The van der Waals surface area contributed by atoms with Gasteiger partial charge in [0.15, 0.2) is 0 Å². The molecular weight excluding hydrogens is 691 g/mol. The molecule has 0 saturated heterocycles. The first-order chi connectivity index (χ1) is 28.0. The first kappa shape index (κ1) is 33.2. The summed E-state index contributed by atoms with van der Waals surface area (Å²) in [6.07, 6.45) is 0. The smallest absolute Gasteiger partial charge is 0.143 e. The molecule has 57 heavy (non-hydrogen) atoms. The average Bonchev–Trinajstić information content (AvgIpc) is 3.76. The topological polar surface area (TPSA) is 16.4 Å². The molecule has 1 aromatic heterocycles. The van der Waals surface area contributed by atoms with Gasteiger partial charge in [-0.15, -0.1) is 0 Å². The van der Waals surface area contributed by atoms with Crippen LogP contribution in [-0.2, 0) is 5.41 Å². The Kier molecular flexibility index (Phi) is 7.55. The number of nitrogens with zero attached hydrogens (tertiary/aromatic N) is 1. The molecule has 0 bridgehead atoms. The Hall–Kier alpha value is -7.16. The summed E-state index contributed by atoms with van der Waals surface area (Å²) in [4.78, 5) is 2.32. The Morgan fingerprint density at radius 2 is 0.895 bits per heavy atom. The highest BCUT2D eigenvalue weighted by Crippen LogP contribution is 2.50. The molecule has 1 aliphatic carbocycles. The van der Waals surface area contributed by atoms with Gasteiger partial charge in [-0.1, -0.05) is 153 Å². The first-order valence-electron chi connectivity index (χ1n) is 19.8. The van der Waals surface area contributed by atoms with Crippen LogP contribution in [0.4, 0.5) is 17.1 Å². The molecule has 0 atom stereocenters. The van der Waals surface area contributed by atoms with E-state index >= 15 is 0 Å². The molecule has 0 spiro atoms. The van der Waals surface area contributed by atoms with Crippen LogP contribution in [0.1, 0.15) is 25.0 Å². The van der Waals surface area contributed by atoms with Crippen molar-refractivity contribution in [3.63, 3.8) is 0 Å². The number of para-hydroxylation sites is 1. The second-order valence-electron chi connectivity index (χ2n) is 15.7. The molecule has 10 aromatic rings. The van der Waals surface area contributed by atoms with Crippen LogP contribution < -0.4 is 4.90 Å². The summed E-state index contributed by atoms with van der Waals surface area (Å²) in [5, 5.41) is 4.59. The minimum absolute atomic E-state index is 0.0697. The van der Waals surface area contributed by atoms with Crippen molar-refractivity contribution in [2.75, 3.05) is 4.90 Å². The summed E-state index contributed by atoms with van der Waals surface area (Å²) in [6.45, 7) is 4.70. The van der Waals surface area contributed by atoms with Crippen molar-refractivity contribution >= 4 is 49.8 Å². The van der Waals surface area contributed by atoms with Crippen LogP contribution in [0.25, 0.3) is 77.2 Å². The van der Waals surface area contributed by atoms with Gasteiger partial charge in [-0.05, 0) is 122 Å². The van der Waals surface area contributed by atoms with Crippen molar-refractivity contribution < 1.29 is 4.42 Å². The predicted octanol–water partition coefficient (Wildman–Crippen LogP) is 15.5. The van der Waals surface area contributed by atoms with Gasteiger partial charge in [0.25, 0.3) is 0 Å². The molecule has 1 aliphatic rings. The Bertz CT molecular complexity index is 3120. The van der Waals surface area contributed by atoms with Crippen LogP contribution in [0.2, 0.25) is 0 Å². The zero-order chi connectivity index (χ0) is 38.1. The fourth-order valence-electron chi connectivity index (χ4n) is 9.15. The fraction of sp³-hybridized carbons (Fsp3) is 0.0545. The average molecular weight is 730 g/mol. The third kappa shape index (κ3) is 5.40. The predicted molar refractivity (Wildman–Crippen MR) is 240 cm³/mol. The number of hydrogen-bond donors (Lipinski definition) is 0. The van der Waals surface area contributed by atoms with Gasteiger partial charge in [-0.3, -0.25) is 0 Å². The van der Waals surface area contributed by atoms with E-state index in [9.17, 15) is 0 Å². The standard InChI is InChI=1S/C55H39NO/c1-55(2)51-20-12-11-18-45(51)46-31-25-40(34-52(46)55)48-35-50-49-33-39(26-32-53(49)57-54(50)47-19-10-9-17-44(47)48)38-23-29-43(30-24-38)56(41-15-7-4-8-16-41)42-27-21-37(22-28-42)36-13-5-3-6-14-36/h3-35H,1-2H3. The lowest BCUT2D eigenvalue weighted by molar-refractivity contribution is 0.660. The van der Waals surface area contributed by atoms with Crippen molar-refractivity contribution in [2.45, 2.75) is 19.3 Å². The summed E-state index contributed by atoms with van der Waals surface area (Å²) < 4.78 is 6.68. The summed E-state index contributed by atoms with van der Waals surface area (Å²) in [5.41, 5.74) is 17.7. The van der Waals surface area contributed by atoms with Gasteiger partial charge in [0.1, 0.15) is 11.2 Å². The molecule has 9 aromatic carbocycles. The van der Waals surface area contributed by atoms with Gasteiger partial charge in [-0.25, -0.2) is 0 Å². The first-order valence-corrected chi connectivity index (χ1v) is 19.8. The molecule has 0 saturated carbocycles. The van der Waals surface area contributed by atoms with Gasteiger partial charge in [0.05, 0.1) is 0 Å². The number of benzene rings is 9. The zero-order valence-electron chi connectivity index (χ0n) is 31.9. The quantitative estimate of drug-likeness (QED) is 0.169. The van der Waals surface area contributed by atoms with E-state index in [1.807, 2.05) is 0 Å². The van der Waals surface area contributed by atoms with E-state index in [1.165, 1.54) is 49.9 Å². The highest BCUT2D eigenvalue weighted by atomic mass is 16.3. The summed E-state index contributed by atoms with van der Waals surface area (Å²) >= 11 is 0. The monoisotopic (exact) mass is 729 g/mol. The van der Waals surface area contributed by atoms with Gasteiger partial charge in [-0.2, -0.15) is 0 Å². The molecule has 0 amide bonds. The van der Waals surface area contributed by atoms with E-state index in [0.717, 1.165) is 55.5 Å². The largest absolute Gasteiger partial charge is 0.455 e. The molecule has 1 heterocycles. The fourth-order valence-corrected chi connectivity index (χ4v) is 9.15. The highest BCUT2D eigenvalue weighted by molar-refractivity contribution is 6.19. The maximum Gasteiger partial charge on any atom is 0.143 e. The van der Waals surface area contributed by atoms with E-state index in [-0.39, 0.29) is 5.41 Å². The second-order valence-corrected chi connectivity index (χ2v) is 15.7. The van der Waals surface area contributed by atoms with Gasteiger partial charge >= 0.3 is 0 Å². The van der Waals surface area contributed by atoms with Crippen molar-refractivity contribution in [3.05, 3.63) is 211 Å². The molecule has 0 fully saturated rings. The van der Waals surface area contributed by atoms with Gasteiger partial charge in [0.2, 0.25) is 0 Å². The molecule has 2 nitrogen and oxygen atoms in total. The highest BCUT2D eigenvalue weighted by Gasteiger charge is 2.35. The van der Waals surface area contributed by atoms with E-state index in [4.69, 9.17) is 4.42 Å².